The van der Waals surface area contributed by atoms with Crippen molar-refractivity contribution in [1.82, 2.24) is 4.90 Å². The molecular weight excluding hydrogens is 594 g/mol. The molecule has 4 aliphatic rings. The predicted octanol–water partition coefficient (Wildman–Crippen LogP) is 6.48. The average molecular weight is 626 g/mol. The van der Waals surface area contributed by atoms with E-state index in [-0.39, 0.29) is 42.1 Å². The highest BCUT2D eigenvalue weighted by molar-refractivity contribution is 7.09. The van der Waals surface area contributed by atoms with E-state index >= 15 is 0 Å². The molecule has 6 atom stereocenters. The normalized spacial score (nSPS) is 28.7. The van der Waals surface area contributed by atoms with Gasteiger partial charge in [0, 0.05) is 22.3 Å². The average Bonchev–Trinajstić information content (AvgIpc) is 3.69. The van der Waals surface area contributed by atoms with Gasteiger partial charge in [0.1, 0.15) is 5.75 Å². The van der Waals surface area contributed by atoms with E-state index in [4.69, 9.17) is 0 Å². The number of fused-ring (bicyclic) bond motifs is 4. The number of phenols is 1. The smallest absolute Gasteiger partial charge is 0.234 e. The molecule has 228 valence electrons. The third-order valence-electron chi connectivity index (χ3n) is 10.6. The second-order valence-electron chi connectivity index (χ2n) is 12.7. The number of thiophene rings is 1. The van der Waals surface area contributed by atoms with Crippen molar-refractivity contribution in [3.63, 3.8) is 0 Å². The minimum absolute atomic E-state index is 0.0537. The van der Waals surface area contributed by atoms with Crippen molar-refractivity contribution in [1.29, 1.82) is 0 Å². The molecule has 7 heteroatoms. The standard InChI is InChI=1S/C39H31NO5S/c41-26-14-7-11-24(19-26)35-28-16-17-29-34(38(45)40(37(29)44)22-27-15-8-18-46-27)31(28)20-32-36(43)30(23-9-3-1-4-10-23)21-33(42)39(32,35)25-12-5-2-6-13-25/h1-16,18-19,21,29,31-32,34-35,41H,17,20,22H2. The minimum atomic E-state index is -1.30. The van der Waals surface area contributed by atoms with Crippen LogP contribution >= 0.6 is 11.3 Å². The first-order chi connectivity index (χ1) is 22.4. The lowest BCUT2D eigenvalue weighted by Gasteiger charge is -2.55. The zero-order valence-corrected chi connectivity index (χ0v) is 25.7. The molecule has 2 fully saturated rings. The molecule has 6 unspecified atom stereocenters. The van der Waals surface area contributed by atoms with Gasteiger partial charge >= 0.3 is 0 Å². The molecule has 0 spiro atoms. The fraction of sp³-hybridized carbons (Fsp3) is 0.231. The summed E-state index contributed by atoms with van der Waals surface area (Å²) in [7, 11) is 0. The number of rotatable bonds is 5. The molecule has 3 aliphatic carbocycles. The number of aromatic hydroxyl groups is 1. The Morgan fingerprint density at radius 2 is 1.59 bits per heavy atom. The number of allylic oxidation sites excluding steroid dienone is 4. The summed E-state index contributed by atoms with van der Waals surface area (Å²) in [5.41, 5.74) is 2.06. The molecule has 46 heavy (non-hydrogen) atoms. The van der Waals surface area contributed by atoms with Crippen LogP contribution < -0.4 is 0 Å². The van der Waals surface area contributed by atoms with E-state index in [0.717, 1.165) is 16.0 Å². The third-order valence-corrected chi connectivity index (χ3v) is 11.4. The number of benzene rings is 3. The maximum atomic E-state index is 15.0. The first kappa shape index (κ1) is 28.6. The van der Waals surface area contributed by atoms with Crippen molar-refractivity contribution in [2.75, 3.05) is 0 Å². The van der Waals surface area contributed by atoms with E-state index in [1.807, 2.05) is 84.2 Å². The fourth-order valence-corrected chi connectivity index (χ4v) is 9.43. The Bertz CT molecular complexity index is 1950. The number of carbonyl (C=O) groups excluding carboxylic acids is 4. The van der Waals surface area contributed by atoms with Crippen LogP contribution in [0.2, 0.25) is 0 Å². The molecular formula is C39H31NO5S. The zero-order chi connectivity index (χ0) is 31.6. The lowest BCUT2D eigenvalue weighted by molar-refractivity contribution is -0.141. The van der Waals surface area contributed by atoms with E-state index < -0.39 is 35.0 Å². The van der Waals surface area contributed by atoms with E-state index in [1.165, 1.54) is 22.3 Å². The number of nitrogens with zero attached hydrogens (tertiary/aromatic N) is 1. The third kappa shape index (κ3) is 4.14. The molecule has 2 heterocycles. The van der Waals surface area contributed by atoms with Gasteiger partial charge < -0.3 is 5.11 Å². The quantitative estimate of drug-likeness (QED) is 0.203. The van der Waals surface area contributed by atoms with Gasteiger partial charge in [-0.3, -0.25) is 24.1 Å². The summed E-state index contributed by atoms with van der Waals surface area (Å²) in [6.07, 6.45) is 4.20. The Morgan fingerprint density at radius 3 is 2.30 bits per heavy atom. The summed E-state index contributed by atoms with van der Waals surface area (Å²) in [6, 6.07) is 29.5. The van der Waals surface area contributed by atoms with Crippen LogP contribution in [-0.2, 0) is 31.1 Å². The number of imide groups is 1. The van der Waals surface area contributed by atoms with Gasteiger partial charge in [-0.1, -0.05) is 90.5 Å². The lowest BCUT2D eigenvalue weighted by atomic mass is 9.44. The van der Waals surface area contributed by atoms with Crippen molar-refractivity contribution in [2.24, 2.45) is 23.7 Å². The van der Waals surface area contributed by atoms with Gasteiger partial charge in [-0.05, 0) is 65.1 Å². The predicted molar refractivity (Wildman–Crippen MR) is 175 cm³/mol. The monoisotopic (exact) mass is 625 g/mol. The van der Waals surface area contributed by atoms with Crippen LogP contribution in [0.5, 0.6) is 5.75 Å². The number of hydrogen-bond donors (Lipinski definition) is 1. The Kier molecular flexibility index (Phi) is 6.76. The summed E-state index contributed by atoms with van der Waals surface area (Å²) < 4.78 is 0. The van der Waals surface area contributed by atoms with Crippen LogP contribution in [-0.4, -0.2) is 33.4 Å². The van der Waals surface area contributed by atoms with Gasteiger partial charge in [-0.15, -0.1) is 11.3 Å². The highest BCUT2D eigenvalue weighted by atomic mass is 32.1. The van der Waals surface area contributed by atoms with Crippen molar-refractivity contribution in [3.8, 4) is 5.75 Å². The molecule has 1 saturated carbocycles. The van der Waals surface area contributed by atoms with Gasteiger partial charge in [-0.2, -0.15) is 0 Å². The fourth-order valence-electron chi connectivity index (χ4n) is 8.73. The van der Waals surface area contributed by atoms with Crippen molar-refractivity contribution < 1.29 is 24.3 Å². The number of phenolic OH excluding ortho intramolecular Hbond substituents is 1. The summed E-state index contributed by atoms with van der Waals surface area (Å²) in [6.45, 7) is 0.232. The number of carbonyl (C=O) groups is 4. The maximum absolute atomic E-state index is 15.0. The largest absolute Gasteiger partial charge is 0.508 e. The Hall–Kier alpha value is -4.88. The van der Waals surface area contributed by atoms with Crippen LogP contribution in [0.3, 0.4) is 0 Å². The van der Waals surface area contributed by atoms with Crippen LogP contribution in [0.25, 0.3) is 5.57 Å². The topological polar surface area (TPSA) is 91.8 Å². The van der Waals surface area contributed by atoms with Gasteiger partial charge in [0.2, 0.25) is 11.8 Å². The van der Waals surface area contributed by atoms with Crippen LogP contribution in [0.15, 0.2) is 120 Å². The molecule has 2 amide bonds. The number of Topliss-reactive ketones (excluding diaryl/α,β-unsaturated/α-hetero) is 1. The maximum Gasteiger partial charge on any atom is 0.234 e. The van der Waals surface area contributed by atoms with Gasteiger partial charge in [0.05, 0.1) is 23.8 Å². The molecule has 8 rings (SSSR count). The molecule has 4 aromatic rings. The molecule has 0 bridgehead atoms. The number of ketones is 2. The van der Waals surface area contributed by atoms with Crippen LogP contribution in [0.4, 0.5) is 0 Å². The summed E-state index contributed by atoms with van der Waals surface area (Å²) in [5, 5.41) is 12.6. The number of likely N-dealkylation sites (tertiary alicyclic amines) is 1. The molecule has 1 aliphatic heterocycles. The zero-order valence-electron chi connectivity index (χ0n) is 24.9. The number of hydrogen-bond acceptors (Lipinski definition) is 6. The van der Waals surface area contributed by atoms with E-state index in [2.05, 4.69) is 6.08 Å². The highest BCUT2D eigenvalue weighted by Crippen LogP contribution is 2.63. The van der Waals surface area contributed by atoms with E-state index in [9.17, 15) is 24.3 Å². The van der Waals surface area contributed by atoms with Gasteiger partial charge in [0.25, 0.3) is 0 Å². The van der Waals surface area contributed by atoms with E-state index in [0.29, 0.717) is 23.1 Å². The van der Waals surface area contributed by atoms with Crippen LogP contribution in [0.1, 0.15) is 40.3 Å². The second kappa shape index (κ2) is 10.9. The molecule has 1 aromatic heterocycles. The van der Waals surface area contributed by atoms with E-state index in [1.54, 1.807) is 18.2 Å². The van der Waals surface area contributed by atoms with Gasteiger partial charge in [0.15, 0.2) is 11.6 Å². The lowest BCUT2D eigenvalue weighted by Crippen LogP contribution is -2.58. The first-order valence-electron chi connectivity index (χ1n) is 15.7. The second-order valence-corrected chi connectivity index (χ2v) is 13.8. The molecule has 3 aromatic carbocycles. The molecule has 1 saturated heterocycles. The summed E-state index contributed by atoms with van der Waals surface area (Å²) >= 11 is 1.51. The Balaban J connectivity index is 1.34. The van der Waals surface area contributed by atoms with Crippen molar-refractivity contribution in [2.45, 2.75) is 30.7 Å². The number of amides is 2. The summed E-state index contributed by atoms with van der Waals surface area (Å²) in [4.78, 5) is 60.2. The molecule has 6 nitrogen and oxygen atoms in total. The minimum Gasteiger partial charge on any atom is -0.508 e. The molecule has 0 radical (unpaired) electrons. The highest BCUT2D eigenvalue weighted by Gasteiger charge is 2.65. The van der Waals surface area contributed by atoms with Crippen LogP contribution in [0, 0.1) is 23.7 Å². The van der Waals surface area contributed by atoms with Crippen molar-refractivity contribution >= 4 is 40.3 Å². The first-order valence-corrected chi connectivity index (χ1v) is 16.5. The SMILES string of the molecule is O=C1C(c2ccccc2)=CC(=O)C2(c3ccccc3)C1CC1C(=CCC3C(=O)N(Cc4cccs4)C(=O)C31)C2c1cccc(O)c1. The Labute approximate surface area is 270 Å². The summed E-state index contributed by atoms with van der Waals surface area (Å²) in [5.74, 6) is -3.67. The van der Waals surface area contributed by atoms with Gasteiger partial charge in [-0.25, -0.2) is 0 Å². The Morgan fingerprint density at radius 1 is 0.826 bits per heavy atom. The molecule has 1 N–H and O–H groups in total. The van der Waals surface area contributed by atoms with Crippen molar-refractivity contribution in [3.05, 3.63) is 142 Å².